The van der Waals surface area contributed by atoms with Crippen molar-refractivity contribution in [1.82, 2.24) is 4.90 Å². The van der Waals surface area contributed by atoms with Gasteiger partial charge in [-0.05, 0) is 50.3 Å². The topological polar surface area (TPSA) is 23.5 Å². The van der Waals surface area contributed by atoms with Gasteiger partial charge in [0.05, 0.1) is 5.60 Å². The number of aliphatic hydroxyl groups is 1. The molecule has 0 amide bonds. The van der Waals surface area contributed by atoms with E-state index < -0.39 is 5.60 Å². The lowest BCUT2D eigenvalue weighted by Crippen LogP contribution is -2.33. The van der Waals surface area contributed by atoms with Gasteiger partial charge in [-0.15, -0.1) is 0 Å². The molecule has 100 valence electrons. The smallest absolute Gasteiger partial charge is 0.0840 e. The van der Waals surface area contributed by atoms with Gasteiger partial charge in [0.25, 0.3) is 0 Å². The number of hydrogen-bond acceptors (Lipinski definition) is 2. The molecule has 1 fully saturated rings. The zero-order chi connectivity index (χ0) is 13.2. The zero-order valence-corrected chi connectivity index (χ0v) is 11.8. The van der Waals surface area contributed by atoms with Crippen LogP contribution in [0.1, 0.15) is 44.7 Å². The van der Waals surface area contributed by atoms with Crippen molar-refractivity contribution < 1.29 is 5.11 Å². The molecular formula is C16H25NO. The number of nitrogens with zero attached hydrogens (tertiary/aromatic N) is 1. The van der Waals surface area contributed by atoms with Crippen molar-refractivity contribution in [2.45, 2.75) is 45.8 Å². The fourth-order valence-corrected chi connectivity index (χ4v) is 2.71. The van der Waals surface area contributed by atoms with E-state index in [0.717, 1.165) is 18.0 Å². The minimum atomic E-state index is -0.738. The van der Waals surface area contributed by atoms with Crippen LogP contribution in [0.4, 0.5) is 0 Å². The summed E-state index contributed by atoms with van der Waals surface area (Å²) < 4.78 is 0. The van der Waals surface area contributed by atoms with Gasteiger partial charge in [0.15, 0.2) is 0 Å². The summed E-state index contributed by atoms with van der Waals surface area (Å²) in [6, 6.07) is 8.38. The SMILES string of the molecule is CC1CCCN(Cc2ccc(C(C)(C)O)cc2)C1. The van der Waals surface area contributed by atoms with Crippen LogP contribution in [0, 0.1) is 5.92 Å². The number of likely N-dealkylation sites (tertiary alicyclic amines) is 1. The molecule has 1 N–H and O–H groups in total. The van der Waals surface area contributed by atoms with Crippen LogP contribution >= 0.6 is 0 Å². The van der Waals surface area contributed by atoms with Crippen molar-refractivity contribution in [2.75, 3.05) is 13.1 Å². The maximum absolute atomic E-state index is 9.93. The van der Waals surface area contributed by atoms with Crippen molar-refractivity contribution >= 4 is 0 Å². The second-order valence-corrected chi connectivity index (χ2v) is 6.24. The first-order chi connectivity index (χ1) is 8.45. The van der Waals surface area contributed by atoms with Crippen molar-refractivity contribution in [1.29, 1.82) is 0 Å². The Balaban J connectivity index is 1.98. The van der Waals surface area contributed by atoms with Gasteiger partial charge >= 0.3 is 0 Å². The van der Waals surface area contributed by atoms with Crippen molar-refractivity contribution in [2.24, 2.45) is 5.92 Å². The van der Waals surface area contributed by atoms with Crippen LogP contribution in [-0.4, -0.2) is 23.1 Å². The van der Waals surface area contributed by atoms with E-state index in [9.17, 15) is 5.11 Å². The molecule has 2 nitrogen and oxygen atoms in total. The van der Waals surface area contributed by atoms with Crippen molar-refractivity contribution in [3.05, 3.63) is 35.4 Å². The van der Waals surface area contributed by atoms with Crippen LogP contribution in [0.2, 0.25) is 0 Å². The standard InChI is InChI=1S/C16H25NO/c1-13-5-4-10-17(11-13)12-14-6-8-15(9-7-14)16(2,3)18/h6-9,13,18H,4-5,10-12H2,1-3H3. The van der Waals surface area contributed by atoms with Crippen molar-refractivity contribution in [3.8, 4) is 0 Å². The lowest BCUT2D eigenvalue weighted by atomic mass is 9.96. The molecule has 1 saturated heterocycles. The maximum Gasteiger partial charge on any atom is 0.0840 e. The molecule has 1 heterocycles. The average molecular weight is 247 g/mol. The van der Waals surface area contributed by atoms with Gasteiger partial charge in [-0.1, -0.05) is 31.2 Å². The molecule has 0 bridgehead atoms. The van der Waals surface area contributed by atoms with E-state index in [2.05, 4.69) is 24.0 Å². The van der Waals surface area contributed by atoms with Crippen LogP contribution in [0.3, 0.4) is 0 Å². The largest absolute Gasteiger partial charge is 0.386 e. The molecule has 1 aromatic carbocycles. The summed E-state index contributed by atoms with van der Waals surface area (Å²) in [6.45, 7) is 9.47. The lowest BCUT2D eigenvalue weighted by molar-refractivity contribution is 0.0785. The van der Waals surface area contributed by atoms with Crippen LogP contribution < -0.4 is 0 Å². The van der Waals surface area contributed by atoms with Crippen LogP contribution in [0.15, 0.2) is 24.3 Å². The molecule has 0 radical (unpaired) electrons. The summed E-state index contributed by atoms with van der Waals surface area (Å²) in [5.41, 5.74) is 1.59. The van der Waals surface area contributed by atoms with Crippen LogP contribution in [0.5, 0.6) is 0 Å². The van der Waals surface area contributed by atoms with E-state index in [1.54, 1.807) is 0 Å². The molecule has 1 unspecified atom stereocenters. The molecule has 0 aliphatic carbocycles. The molecule has 0 spiro atoms. The van der Waals surface area contributed by atoms with E-state index in [0.29, 0.717) is 0 Å². The highest BCUT2D eigenvalue weighted by Gasteiger charge is 2.17. The van der Waals surface area contributed by atoms with Crippen molar-refractivity contribution in [3.63, 3.8) is 0 Å². The van der Waals surface area contributed by atoms with Gasteiger partial charge in [0.2, 0.25) is 0 Å². The Bertz CT molecular complexity index is 377. The number of hydrogen-bond donors (Lipinski definition) is 1. The maximum atomic E-state index is 9.93. The van der Waals surface area contributed by atoms with E-state index in [-0.39, 0.29) is 0 Å². The normalized spacial score (nSPS) is 22.1. The Morgan fingerprint density at radius 3 is 2.50 bits per heavy atom. The summed E-state index contributed by atoms with van der Waals surface area (Å²) >= 11 is 0. The molecule has 2 rings (SSSR count). The molecule has 1 aliphatic rings. The van der Waals surface area contributed by atoms with Crippen LogP contribution in [-0.2, 0) is 12.1 Å². The highest BCUT2D eigenvalue weighted by molar-refractivity contribution is 5.26. The summed E-state index contributed by atoms with van der Waals surface area (Å²) in [6.07, 6.45) is 2.69. The zero-order valence-electron chi connectivity index (χ0n) is 11.8. The first-order valence-electron chi connectivity index (χ1n) is 6.99. The van der Waals surface area contributed by atoms with Gasteiger partial charge in [-0.2, -0.15) is 0 Å². The third-order valence-electron chi connectivity index (χ3n) is 3.81. The third-order valence-corrected chi connectivity index (χ3v) is 3.81. The first kappa shape index (κ1) is 13.6. The van der Waals surface area contributed by atoms with E-state index >= 15 is 0 Å². The monoisotopic (exact) mass is 247 g/mol. The molecule has 1 atom stereocenters. The Morgan fingerprint density at radius 1 is 1.28 bits per heavy atom. The number of piperidine rings is 1. The Labute approximate surface area is 111 Å². The van der Waals surface area contributed by atoms with Gasteiger partial charge < -0.3 is 5.11 Å². The van der Waals surface area contributed by atoms with E-state index in [1.807, 2.05) is 26.0 Å². The van der Waals surface area contributed by atoms with Crippen LogP contribution in [0.25, 0.3) is 0 Å². The Hall–Kier alpha value is -0.860. The highest BCUT2D eigenvalue weighted by atomic mass is 16.3. The van der Waals surface area contributed by atoms with E-state index in [1.165, 1.54) is 31.5 Å². The summed E-state index contributed by atoms with van der Waals surface area (Å²) in [5.74, 6) is 0.828. The first-order valence-corrected chi connectivity index (χ1v) is 6.99. The van der Waals surface area contributed by atoms with E-state index in [4.69, 9.17) is 0 Å². The summed E-state index contributed by atoms with van der Waals surface area (Å²) in [4.78, 5) is 2.53. The minimum absolute atomic E-state index is 0.738. The lowest BCUT2D eigenvalue weighted by Gasteiger charge is -2.31. The molecule has 18 heavy (non-hydrogen) atoms. The van der Waals surface area contributed by atoms with Gasteiger partial charge in [-0.25, -0.2) is 0 Å². The number of benzene rings is 1. The fourth-order valence-electron chi connectivity index (χ4n) is 2.71. The second kappa shape index (κ2) is 5.41. The molecule has 1 aliphatic heterocycles. The summed E-state index contributed by atoms with van der Waals surface area (Å²) in [7, 11) is 0. The molecule has 0 saturated carbocycles. The second-order valence-electron chi connectivity index (χ2n) is 6.24. The minimum Gasteiger partial charge on any atom is -0.386 e. The molecule has 0 aromatic heterocycles. The fraction of sp³-hybridized carbons (Fsp3) is 0.625. The highest BCUT2D eigenvalue weighted by Crippen LogP contribution is 2.21. The third kappa shape index (κ3) is 3.56. The Kier molecular flexibility index (Phi) is 4.08. The Morgan fingerprint density at radius 2 is 1.94 bits per heavy atom. The predicted molar refractivity (Wildman–Crippen MR) is 75.4 cm³/mol. The summed E-state index contributed by atoms with van der Waals surface area (Å²) in [5, 5.41) is 9.93. The van der Waals surface area contributed by atoms with Gasteiger partial charge in [-0.3, -0.25) is 4.90 Å². The molecule has 2 heteroatoms. The van der Waals surface area contributed by atoms with Gasteiger partial charge in [0.1, 0.15) is 0 Å². The average Bonchev–Trinajstić information content (AvgIpc) is 2.28. The predicted octanol–water partition coefficient (Wildman–Crippen LogP) is 3.15. The molecule has 1 aromatic rings. The van der Waals surface area contributed by atoms with Gasteiger partial charge in [0, 0.05) is 13.1 Å². The number of rotatable bonds is 3. The quantitative estimate of drug-likeness (QED) is 0.887. The molecular weight excluding hydrogens is 222 g/mol.